The summed E-state index contributed by atoms with van der Waals surface area (Å²) in [5.74, 6) is 0. The van der Waals surface area contributed by atoms with Crippen LogP contribution in [0.3, 0.4) is 0 Å². The summed E-state index contributed by atoms with van der Waals surface area (Å²) >= 11 is 6.08. The van der Waals surface area contributed by atoms with Crippen LogP contribution in [-0.2, 0) is 16.8 Å². The van der Waals surface area contributed by atoms with Crippen molar-refractivity contribution < 1.29 is 9.84 Å². The standard InChI is InChI=1S/C12H15ClO2.C2H6/c1-2-3-9-4-5-11(13)10(6-9)12(14)7-15-8-12;1-2/h4-6,14H,2-3,7-8H2,1H3;1-2H3. The lowest BCUT2D eigenvalue weighted by Crippen LogP contribution is -2.46. The minimum atomic E-state index is -0.860. The van der Waals surface area contributed by atoms with Crippen molar-refractivity contribution in [1.82, 2.24) is 0 Å². The van der Waals surface area contributed by atoms with E-state index < -0.39 is 5.60 Å². The second-order valence-electron chi connectivity index (χ2n) is 4.09. The highest BCUT2D eigenvalue weighted by Crippen LogP contribution is 2.34. The van der Waals surface area contributed by atoms with E-state index in [1.165, 1.54) is 5.56 Å². The quantitative estimate of drug-likeness (QED) is 0.897. The van der Waals surface area contributed by atoms with Crippen LogP contribution in [0.5, 0.6) is 0 Å². The molecule has 0 atom stereocenters. The minimum Gasteiger partial charge on any atom is -0.380 e. The van der Waals surface area contributed by atoms with Gasteiger partial charge >= 0.3 is 0 Å². The molecule has 1 heterocycles. The van der Waals surface area contributed by atoms with Crippen LogP contribution in [0.25, 0.3) is 0 Å². The molecule has 0 aromatic heterocycles. The van der Waals surface area contributed by atoms with Crippen molar-refractivity contribution in [2.24, 2.45) is 0 Å². The van der Waals surface area contributed by atoms with E-state index in [4.69, 9.17) is 16.3 Å². The second-order valence-corrected chi connectivity index (χ2v) is 4.50. The van der Waals surface area contributed by atoms with Gasteiger partial charge in [-0.15, -0.1) is 0 Å². The SMILES string of the molecule is CC.CCCc1ccc(Cl)c(C2(O)COC2)c1. The summed E-state index contributed by atoms with van der Waals surface area (Å²) in [6.45, 7) is 6.83. The van der Waals surface area contributed by atoms with Gasteiger partial charge in [0.05, 0.1) is 13.2 Å². The van der Waals surface area contributed by atoms with E-state index in [0.717, 1.165) is 18.4 Å². The van der Waals surface area contributed by atoms with Gasteiger partial charge in [0.1, 0.15) is 5.60 Å². The molecule has 0 saturated carbocycles. The third-order valence-electron chi connectivity index (χ3n) is 2.75. The zero-order valence-corrected chi connectivity index (χ0v) is 11.5. The average molecular weight is 257 g/mol. The number of aryl methyl sites for hydroxylation is 1. The van der Waals surface area contributed by atoms with Crippen LogP contribution < -0.4 is 0 Å². The fourth-order valence-electron chi connectivity index (χ4n) is 1.82. The highest BCUT2D eigenvalue weighted by Gasteiger charge is 2.39. The molecule has 1 aromatic carbocycles. The van der Waals surface area contributed by atoms with Gasteiger partial charge < -0.3 is 9.84 Å². The Morgan fingerprint density at radius 2 is 2.00 bits per heavy atom. The molecular weight excluding hydrogens is 236 g/mol. The molecule has 0 radical (unpaired) electrons. The summed E-state index contributed by atoms with van der Waals surface area (Å²) in [6, 6.07) is 5.87. The van der Waals surface area contributed by atoms with E-state index in [1.807, 2.05) is 32.0 Å². The molecule has 0 unspecified atom stereocenters. The van der Waals surface area contributed by atoms with Gasteiger partial charge in [-0.3, -0.25) is 0 Å². The first-order valence-electron chi connectivity index (χ1n) is 6.25. The molecule has 2 rings (SSSR count). The summed E-state index contributed by atoms with van der Waals surface area (Å²) in [6.07, 6.45) is 2.11. The van der Waals surface area contributed by atoms with Crippen LogP contribution in [0.1, 0.15) is 38.3 Å². The molecule has 0 bridgehead atoms. The molecular formula is C14H21ClO2. The molecule has 17 heavy (non-hydrogen) atoms. The molecule has 1 fully saturated rings. The fraction of sp³-hybridized carbons (Fsp3) is 0.571. The van der Waals surface area contributed by atoms with Crippen LogP contribution in [0.2, 0.25) is 5.02 Å². The molecule has 96 valence electrons. The van der Waals surface area contributed by atoms with Gasteiger partial charge in [-0.05, 0) is 18.1 Å². The van der Waals surface area contributed by atoms with Gasteiger partial charge in [-0.2, -0.15) is 0 Å². The smallest absolute Gasteiger partial charge is 0.137 e. The maximum Gasteiger partial charge on any atom is 0.137 e. The van der Waals surface area contributed by atoms with Crippen LogP contribution in [0.15, 0.2) is 18.2 Å². The normalized spacial score (nSPS) is 16.8. The Hall–Kier alpha value is -0.570. The van der Waals surface area contributed by atoms with Gasteiger partial charge in [0.15, 0.2) is 0 Å². The lowest BCUT2D eigenvalue weighted by molar-refractivity contribution is -0.184. The van der Waals surface area contributed by atoms with E-state index in [1.54, 1.807) is 0 Å². The predicted molar refractivity (Wildman–Crippen MR) is 71.5 cm³/mol. The summed E-state index contributed by atoms with van der Waals surface area (Å²) in [5, 5.41) is 10.8. The zero-order valence-electron chi connectivity index (χ0n) is 10.8. The fourth-order valence-corrected chi connectivity index (χ4v) is 2.12. The van der Waals surface area contributed by atoms with E-state index in [0.29, 0.717) is 18.2 Å². The maximum atomic E-state index is 10.1. The van der Waals surface area contributed by atoms with Crippen LogP contribution >= 0.6 is 11.6 Å². The third-order valence-corrected chi connectivity index (χ3v) is 3.08. The summed E-state index contributed by atoms with van der Waals surface area (Å²) in [4.78, 5) is 0. The Morgan fingerprint density at radius 1 is 1.35 bits per heavy atom. The number of hydrogen-bond donors (Lipinski definition) is 1. The topological polar surface area (TPSA) is 29.5 Å². The van der Waals surface area contributed by atoms with E-state index in [2.05, 4.69) is 6.92 Å². The lowest BCUT2D eigenvalue weighted by atomic mass is 9.90. The summed E-state index contributed by atoms with van der Waals surface area (Å²) in [5.41, 5.74) is 1.17. The van der Waals surface area contributed by atoms with Crippen LogP contribution in [0.4, 0.5) is 0 Å². The van der Waals surface area contributed by atoms with Gasteiger partial charge in [-0.1, -0.05) is 50.9 Å². The molecule has 1 saturated heterocycles. The minimum absolute atomic E-state index is 0.350. The number of hydrogen-bond acceptors (Lipinski definition) is 2. The van der Waals surface area contributed by atoms with Crippen molar-refractivity contribution in [2.45, 2.75) is 39.2 Å². The van der Waals surface area contributed by atoms with Crippen LogP contribution in [0, 0.1) is 0 Å². The van der Waals surface area contributed by atoms with Crippen molar-refractivity contribution in [1.29, 1.82) is 0 Å². The highest BCUT2D eigenvalue weighted by molar-refractivity contribution is 6.31. The molecule has 2 nitrogen and oxygen atoms in total. The van der Waals surface area contributed by atoms with Crippen LogP contribution in [-0.4, -0.2) is 18.3 Å². The second kappa shape index (κ2) is 6.39. The van der Waals surface area contributed by atoms with Crippen molar-refractivity contribution in [3.05, 3.63) is 34.3 Å². The van der Waals surface area contributed by atoms with E-state index in [9.17, 15) is 5.11 Å². The zero-order chi connectivity index (χ0) is 12.9. The number of ether oxygens (including phenoxy) is 1. The van der Waals surface area contributed by atoms with E-state index >= 15 is 0 Å². The van der Waals surface area contributed by atoms with E-state index in [-0.39, 0.29) is 0 Å². The van der Waals surface area contributed by atoms with Gasteiger partial charge in [0.25, 0.3) is 0 Å². The Balaban J connectivity index is 0.000000686. The molecule has 0 spiro atoms. The van der Waals surface area contributed by atoms with Crippen molar-refractivity contribution >= 4 is 11.6 Å². The average Bonchev–Trinajstić information content (AvgIpc) is 2.32. The van der Waals surface area contributed by atoms with Crippen molar-refractivity contribution in [2.75, 3.05) is 13.2 Å². The largest absolute Gasteiger partial charge is 0.380 e. The number of benzene rings is 1. The van der Waals surface area contributed by atoms with Gasteiger partial charge in [0.2, 0.25) is 0 Å². The first-order chi connectivity index (χ1) is 8.15. The summed E-state index contributed by atoms with van der Waals surface area (Å²) in [7, 11) is 0. The monoisotopic (exact) mass is 256 g/mol. The van der Waals surface area contributed by atoms with Crippen molar-refractivity contribution in [3.8, 4) is 0 Å². The van der Waals surface area contributed by atoms with Gasteiger partial charge in [0, 0.05) is 10.6 Å². The maximum absolute atomic E-state index is 10.1. The number of halogens is 1. The van der Waals surface area contributed by atoms with Gasteiger partial charge in [-0.25, -0.2) is 0 Å². The Morgan fingerprint density at radius 3 is 2.47 bits per heavy atom. The molecule has 3 heteroatoms. The van der Waals surface area contributed by atoms with Crippen molar-refractivity contribution in [3.63, 3.8) is 0 Å². The molecule has 0 amide bonds. The number of rotatable bonds is 3. The first-order valence-corrected chi connectivity index (χ1v) is 6.62. The predicted octanol–water partition coefficient (Wildman–Crippen LogP) is 3.54. The Labute approximate surface area is 109 Å². The molecule has 1 aliphatic heterocycles. The Bertz CT molecular complexity index is 359. The molecule has 1 aliphatic rings. The number of aliphatic hydroxyl groups is 1. The highest BCUT2D eigenvalue weighted by atomic mass is 35.5. The third kappa shape index (κ3) is 3.21. The molecule has 0 aliphatic carbocycles. The Kier molecular flexibility index (Phi) is 5.44. The summed E-state index contributed by atoms with van der Waals surface area (Å²) < 4.78 is 5.04. The molecule has 1 N–H and O–H groups in total. The molecule has 1 aromatic rings. The first kappa shape index (κ1) is 14.5. The lowest BCUT2D eigenvalue weighted by Gasteiger charge is -2.37.